The van der Waals surface area contributed by atoms with Gasteiger partial charge in [-0.15, -0.1) is 11.3 Å². The van der Waals surface area contributed by atoms with Crippen LogP contribution in [0.5, 0.6) is 0 Å². The highest BCUT2D eigenvalue weighted by Crippen LogP contribution is 2.23. The molecule has 0 aliphatic carbocycles. The second-order valence-corrected chi connectivity index (χ2v) is 6.61. The number of ketones is 1. The third kappa shape index (κ3) is 3.53. The highest BCUT2D eigenvalue weighted by molar-refractivity contribution is 7.13. The van der Waals surface area contributed by atoms with Crippen LogP contribution in [0, 0.1) is 13.8 Å². The van der Waals surface area contributed by atoms with Gasteiger partial charge >= 0.3 is 5.97 Å². The Balaban J connectivity index is 1.66. The zero-order valence-electron chi connectivity index (χ0n) is 14.3. The Morgan fingerprint density at radius 1 is 1.20 bits per heavy atom. The molecule has 2 heterocycles. The average molecular weight is 354 g/mol. The summed E-state index contributed by atoms with van der Waals surface area (Å²) in [6.07, 6.45) is 0. The van der Waals surface area contributed by atoms with Gasteiger partial charge in [0, 0.05) is 34.9 Å². The van der Waals surface area contributed by atoms with Gasteiger partial charge in [0.05, 0.1) is 0 Å². The monoisotopic (exact) mass is 354 g/mol. The molecule has 0 N–H and O–H groups in total. The van der Waals surface area contributed by atoms with Crippen molar-refractivity contribution in [3.63, 3.8) is 0 Å². The molecule has 0 atom stereocenters. The summed E-state index contributed by atoms with van der Waals surface area (Å²) < 4.78 is 7.08. The van der Waals surface area contributed by atoms with Crippen molar-refractivity contribution in [3.8, 4) is 10.6 Å². The lowest BCUT2D eigenvalue weighted by molar-refractivity contribution is 0.0469. The Labute approximate surface area is 149 Å². The van der Waals surface area contributed by atoms with Crippen molar-refractivity contribution < 1.29 is 14.3 Å². The molecule has 3 aromatic rings. The third-order valence-electron chi connectivity index (χ3n) is 4.14. The number of esters is 1. The number of hydrogen-bond donors (Lipinski definition) is 0. The van der Waals surface area contributed by atoms with Crippen LogP contribution in [0.25, 0.3) is 10.6 Å². The Bertz CT molecular complexity index is 926. The van der Waals surface area contributed by atoms with Gasteiger partial charge in [-0.25, -0.2) is 9.78 Å². The molecule has 6 heteroatoms. The molecule has 0 radical (unpaired) electrons. The van der Waals surface area contributed by atoms with Crippen molar-refractivity contribution in [1.29, 1.82) is 0 Å². The van der Waals surface area contributed by atoms with E-state index in [1.807, 2.05) is 61.9 Å². The molecule has 3 rings (SSSR count). The maximum Gasteiger partial charge on any atom is 0.358 e. The van der Waals surface area contributed by atoms with E-state index in [-0.39, 0.29) is 18.1 Å². The van der Waals surface area contributed by atoms with Crippen LogP contribution in [0.4, 0.5) is 0 Å². The number of thiazole rings is 1. The van der Waals surface area contributed by atoms with Gasteiger partial charge in [0.1, 0.15) is 5.01 Å². The SMILES string of the molecule is Cc1cc(C(=O)COC(=O)c2csc(-c3ccccc3)n2)c(C)n1C. The highest BCUT2D eigenvalue weighted by atomic mass is 32.1. The second-order valence-electron chi connectivity index (χ2n) is 5.75. The van der Waals surface area contributed by atoms with Gasteiger partial charge in [0.15, 0.2) is 12.3 Å². The number of benzene rings is 1. The first kappa shape index (κ1) is 17.1. The third-order valence-corrected chi connectivity index (χ3v) is 5.04. The molecule has 5 nitrogen and oxygen atoms in total. The molecule has 25 heavy (non-hydrogen) atoms. The van der Waals surface area contributed by atoms with Crippen LogP contribution in [0.2, 0.25) is 0 Å². The van der Waals surface area contributed by atoms with Crippen molar-refractivity contribution in [2.75, 3.05) is 6.61 Å². The van der Waals surface area contributed by atoms with Crippen LogP contribution < -0.4 is 0 Å². The van der Waals surface area contributed by atoms with Gasteiger partial charge in [-0.3, -0.25) is 4.79 Å². The highest BCUT2D eigenvalue weighted by Gasteiger charge is 2.18. The lowest BCUT2D eigenvalue weighted by Gasteiger charge is -2.03. The minimum atomic E-state index is -0.586. The molecular formula is C19H18N2O3S. The van der Waals surface area contributed by atoms with Gasteiger partial charge in [0.2, 0.25) is 5.78 Å². The van der Waals surface area contributed by atoms with Crippen molar-refractivity contribution in [3.05, 3.63) is 64.4 Å². The smallest absolute Gasteiger partial charge is 0.358 e. The predicted molar refractivity (Wildman–Crippen MR) is 97.1 cm³/mol. The maximum absolute atomic E-state index is 12.3. The van der Waals surface area contributed by atoms with Crippen LogP contribution >= 0.6 is 11.3 Å². The number of aromatic nitrogens is 2. The molecule has 0 aliphatic rings. The fraction of sp³-hybridized carbons (Fsp3) is 0.211. The van der Waals surface area contributed by atoms with E-state index in [0.29, 0.717) is 5.56 Å². The van der Waals surface area contributed by atoms with Crippen molar-refractivity contribution in [2.45, 2.75) is 13.8 Å². The van der Waals surface area contributed by atoms with E-state index in [1.54, 1.807) is 5.38 Å². The summed E-state index contributed by atoms with van der Waals surface area (Å²) in [5.41, 5.74) is 3.59. The first-order valence-electron chi connectivity index (χ1n) is 7.81. The quantitative estimate of drug-likeness (QED) is 0.516. The lowest BCUT2D eigenvalue weighted by Crippen LogP contribution is -2.15. The van der Waals surface area contributed by atoms with Crippen LogP contribution in [0.1, 0.15) is 32.2 Å². The minimum absolute atomic E-state index is 0.215. The maximum atomic E-state index is 12.3. The van der Waals surface area contributed by atoms with Crippen molar-refractivity contribution in [2.24, 2.45) is 7.05 Å². The van der Waals surface area contributed by atoms with E-state index in [2.05, 4.69) is 4.98 Å². The fourth-order valence-electron chi connectivity index (χ4n) is 2.50. The van der Waals surface area contributed by atoms with Crippen molar-refractivity contribution >= 4 is 23.1 Å². The number of nitrogens with zero attached hydrogens (tertiary/aromatic N) is 2. The zero-order chi connectivity index (χ0) is 18.0. The molecule has 2 aromatic heterocycles. The topological polar surface area (TPSA) is 61.2 Å². The molecule has 0 fully saturated rings. The van der Waals surface area contributed by atoms with E-state index in [9.17, 15) is 9.59 Å². The van der Waals surface area contributed by atoms with Gasteiger partial charge in [-0.2, -0.15) is 0 Å². The summed E-state index contributed by atoms with van der Waals surface area (Å²) >= 11 is 1.37. The number of rotatable bonds is 5. The van der Waals surface area contributed by atoms with Gasteiger partial charge in [-0.05, 0) is 19.9 Å². The molecule has 128 valence electrons. The van der Waals surface area contributed by atoms with Crippen LogP contribution in [-0.2, 0) is 11.8 Å². The zero-order valence-corrected chi connectivity index (χ0v) is 15.1. The molecule has 1 aromatic carbocycles. The molecule has 0 unspecified atom stereocenters. The summed E-state index contributed by atoms with van der Waals surface area (Å²) in [5, 5.41) is 2.39. The molecule has 0 aliphatic heterocycles. The van der Waals surface area contributed by atoms with Crippen molar-refractivity contribution in [1.82, 2.24) is 9.55 Å². The Morgan fingerprint density at radius 2 is 1.92 bits per heavy atom. The van der Waals surface area contributed by atoms with Crippen LogP contribution in [-0.4, -0.2) is 27.9 Å². The van der Waals surface area contributed by atoms with E-state index in [4.69, 9.17) is 4.74 Å². The molecule has 0 saturated carbocycles. The second kappa shape index (κ2) is 7.03. The summed E-state index contributed by atoms with van der Waals surface area (Å²) in [5.74, 6) is -0.801. The number of carbonyl (C=O) groups excluding carboxylic acids is 2. The summed E-state index contributed by atoms with van der Waals surface area (Å²) in [4.78, 5) is 28.7. The number of Topliss-reactive ketones (excluding diaryl/α,β-unsaturated/α-hetero) is 1. The van der Waals surface area contributed by atoms with E-state index in [1.165, 1.54) is 11.3 Å². The fourth-order valence-corrected chi connectivity index (χ4v) is 3.30. The largest absolute Gasteiger partial charge is 0.453 e. The Kier molecular flexibility index (Phi) is 4.81. The molecular weight excluding hydrogens is 336 g/mol. The molecule has 0 bridgehead atoms. The van der Waals surface area contributed by atoms with E-state index < -0.39 is 5.97 Å². The summed E-state index contributed by atoms with van der Waals surface area (Å²) in [6.45, 7) is 3.51. The minimum Gasteiger partial charge on any atom is -0.453 e. The first-order chi connectivity index (χ1) is 12.0. The van der Waals surface area contributed by atoms with Gasteiger partial charge < -0.3 is 9.30 Å². The van der Waals surface area contributed by atoms with E-state index in [0.717, 1.165) is 22.0 Å². The van der Waals surface area contributed by atoms with Crippen LogP contribution in [0.3, 0.4) is 0 Å². The first-order valence-corrected chi connectivity index (χ1v) is 8.69. The van der Waals surface area contributed by atoms with Crippen LogP contribution in [0.15, 0.2) is 41.8 Å². The average Bonchev–Trinajstić information content (AvgIpc) is 3.22. The Morgan fingerprint density at radius 3 is 2.56 bits per heavy atom. The number of carbonyl (C=O) groups is 2. The molecule has 0 spiro atoms. The summed E-state index contributed by atoms with van der Waals surface area (Å²) in [7, 11) is 1.90. The Hall–Kier alpha value is -2.73. The molecule has 0 saturated heterocycles. The van der Waals surface area contributed by atoms with Gasteiger partial charge in [0.25, 0.3) is 0 Å². The predicted octanol–water partition coefficient (Wildman–Crippen LogP) is 3.81. The molecule has 0 amide bonds. The van der Waals surface area contributed by atoms with E-state index >= 15 is 0 Å². The number of ether oxygens (including phenoxy) is 1. The van der Waals surface area contributed by atoms with Gasteiger partial charge in [-0.1, -0.05) is 30.3 Å². The standard InChI is InChI=1S/C19H18N2O3S/c1-12-9-15(13(2)21(12)3)17(22)10-24-19(23)16-11-25-18(20-16)14-7-5-4-6-8-14/h4-9,11H,10H2,1-3H3. The summed E-state index contributed by atoms with van der Waals surface area (Å²) in [6, 6.07) is 11.4. The lowest BCUT2D eigenvalue weighted by atomic mass is 10.1. The normalized spacial score (nSPS) is 10.7. The number of aryl methyl sites for hydroxylation is 1. The number of hydrogen-bond acceptors (Lipinski definition) is 5.